The molecule has 0 aliphatic heterocycles. The quantitative estimate of drug-likeness (QED) is 0.782. The predicted octanol–water partition coefficient (Wildman–Crippen LogP) is 2.60. The molecule has 4 heteroatoms. The third kappa shape index (κ3) is 4.37. The fourth-order valence-corrected chi connectivity index (χ4v) is 1.62. The molecule has 0 aliphatic carbocycles. The molecule has 0 bridgehead atoms. The van der Waals surface area contributed by atoms with Crippen molar-refractivity contribution < 1.29 is 14.6 Å². The number of hydrogen-bond donors (Lipinski definition) is 2. The van der Waals surface area contributed by atoms with E-state index in [2.05, 4.69) is 12.2 Å². The number of carboxylic acids is 1. The van der Waals surface area contributed by atoms with Crippen molar-refractivity contribution >= 4 is 5.97 Å². The summed E-state index contributed by atoms with van der Waals surface area (Å²) < 4.78 is 5.49. The minimum Gasteiger partial charge on any atom is -0.494 e. The van der Waals surface area contributed by atoms with Crippen LogP contribution in [0, 0.1) is 0 Å². The largest absolute Gasteiger partial charge is 0.494 e. The lowest BCUT2D eigenvalue weighted by molar-refractivity contribution is -0.139. The van der Waals surface area contributed by atoms with Crippen molar-refractivity contribution in [2.75, 3.05) is 6.61 Å². The summed E-state index contributed by atoms with van der Waals surface area (Å²) in [6.07, 6.45) is 0.982. The maximum atomic E-state index is 10.8. The molecule has 1 aromatic rings. The Hall–Kier alpha value is -1.55. The summed E-state index contributed by atoms with van der Waals surface area (Å²) in [5, 5.41) is 11.9. The average molecular weight is 251 g/mol. The molecule has 0 aliphatic rings. The van der Waals surface area contributed by atoms with Gasteiger partial charge in [0.1, 0.15) is 11.8 Å². The van der Waals surface area contributed by atoms with E-state index in [4.69, 9.17) is 9.84 Å². The highest BCUT2D eigenvalue weighted by Gasteiger charge is 2.14. The SMILES string of the molecule is CCCOc1ccc(C(C)NC(C)C(=O)O)cc1. The molecule has 0 amide bonds. The van der Waals surface area contributed by atoms with Gasteiger partial charge in [-0.2, -0.15) is 0 Å². The highest BCUT2D eigenvalue weighted by molar-refractivity contribution is 5.72. The van der Waals surface area contributed by atoms with E-state index >= 15 is 0 Å². The van der Waals surface area contributed by atoms with E-state index in [-0.39, 0.29) is 6.04 Å². The third-order valence-corrected chi connectivity index (χ3v) is 2.72. The summed E-state index contributed by atoms with van der Waals surface area (Å²) in [6, 6.07) is 7.17. The minimum atomic E-state index is -0.843. The number of carbonyl (C=O) groups is 1. The second-order valence-electron chi connectivity index (χ2n) is 4.37. The second kappa shape index (κ2) is 7.01. The molecule has 0 aromatic heterocycles. The summed E-state index contributed by atoms with van der Waals surface area (Å²) >= 11 is 0. The zero-order chi connectivity index (χ0) is 13.5. The van der Waals surface area contributed by atoms with Crippen LogP contribution in [0.25, 0.3) is 0 Å². The van der Waals surface area contributed by atoms with Gasteiger partial charge in [-0.05, 0) is 38.0 Å². The fraction of sp³-hybridized carbons (Fsp3) is 0.500. The van der Waals surface area contributed by atoms with Crippen LogP contribution in [0.2, 0.25) is 0 Å². The Morgan fingerprint density at radius 2 is 1.94 bits per heavy atom. The van der Waals surface area contributed by atoms with Crippen LogP contribution in [0.3, 0.4) is 0 Å². The number of ether oxygens (including phenoxy) is 1. The van der Waals surface area contributed by atoms with Gasteiger partial charge in [0.25, 0.3) is 0 Å². The second-order valence-corrected chi connectivity index (χ2v) is 4.37. The molecule has 0 spiro atoms. The van der Waals surface area contributed by atoms with E-state index < -0.39 is 12.0 Å². The topological polar surface area (TPSA) is 58.6 Å². The number of rotatable bonds is 7. The van der Waals surface area contributed by atoms with Gasteiger partial charge >= 0.3 is 5.97 Å². The molecule has 0 heterocycles. The molecule has 18 heavy (non-hydrogen) atoms. The molecule has 0 saturated carbocycles. The molecule has 2 atom stereocenters. The van der Waals surface area contributed by atoms with Gasteiger partial charge in [-0.15, -0.1) is 0 Å². The Bertz CT molecular complexity index is 375. The smallest absolute Gasteiger partial charge is 0.320 e. The molecular weight excluding hydrogens is 230 g/mol. The minimum absolute atomic E-state index is 0.00340. The van der Waals surface area contributed by atoms with E-state index in [9.17, 15) is 4.79 Å². The van der Waals surface area contributed by atoms with Crippen LogP contribution in [0.15, 0.2) is 24.3 Å². The van der Waals surface area contributed by atoms with Crippen molar-refractivity contribution in [3.05, 3.63) is 29.8 Å². The van der Waals surface area contributed by atoms with E-state index in [1.165, 1.54) is 0 Å². The Morgan fingerprint density at radius 1 is 1.33 bits per heavy atom. The number of nitrogens with one attached hydrogen (secondary N) is 1. The van der Waals surface area contributed by atoms with E-state index in [0.29, 0.717) is 6.61 Å². The number of benzene rings is 1. The van der Waals surface area contributed by atoms with Gasteiger partial charge in [0.05, 0.1) is 6.61 Å². The Balaban J connectivity index is 2.58. The molecule has 2 unspecified atom stereocenters. The van der Waals surface area contributed by atoms with E-state index in [1.807, 2.05) is 31.2 Å². The van der Waals surface area contributed by atoms with Crippen molar-refractivity contribution in [3.8, 4) is 5.75 Å². The van der Waals surface area contributed by atoms with Crippen LogP contribution in [-0.4, -0.2) is 23.7 Å². The first kappa shape index (κ1) is 14.5. The summed E-state index contributed by atoms with van der Waals surface area (Å²) in [7, 11) is 0. The molecule has 4 nitrogen and oxygen atoms in total. The molecule has 100 valence electrons. The summed E-state index contributed by atoms with van der Waals surface area (Å²) in [5.74, 6) is 0.00355. The van der Waals surface area contributed by atoms with Gasteiger partial charge in [0.2, 0.25) is 0 Å². The van der Waals surface area contributed by atoms with Crippen molar-refractivity contribution in [2.45, 2.75) is 39.3 Å². The average Bonchev–Trinajstić information content (AvgIpc) is 2.36. The number of carboxylic acid groups (broad SMARTS) is 1. The van der Waals surface area contributed by atoms with Gasteiger partial charge in [0, 0.05) is 6.04 Å². The number of hydrogen-bond acceptors (Lipinski definition) is 3. The molecule has 1 aromatic carbocycles. The fourth-order valence-electron chi connectivity index (χ4n) is 1.62. The van der Waals surface area contributed by atoms with E-state index in [1.54, 1.807) is 6.92 Å². The van der Waals surface area contributed by atoms with Crippen molar-refractivity contribution in [1.82, 2.24) is 5.32 Å². The molecular formula is C14H21NO3. The van der Waals surface area contributed by atoms with Crippen LogP contribution >= 0.6 is 0 Å². The Morgan fingerprint density at radius 3 is 2.44 bits per heavy atom. The first-order valence-electron chi connectivity index (χ1n) is 6.26. The number of aliphatic carboxylic acids is 1. The zero-order valence-corrected chi connectivity index (χ0v) is 11.1. The molecule has 2 N–H and O–H groups in total. The monoisotopic (exact) mass is 251 g/mol. The van der Waals surface area contributed by atoms with Crippen molar-refractivity contribution in [1.29, 1.82) is 0 Å². The Labute approximate surface area is 108 Å². The van der Waals surface area contributed by atoms with Gasteiger partial charge < -0.3 is 9.84 Å². The molecule has 0 fully saturated rings. The lowest BCUT2D eigenvalue weighted by atomic mass is 10.1. The molecule has 0 radical (unpaired) electrons. The van der Waals surface area contributed by atoms with Crippen molar-refractivity contribution in [3.63, 3.8) is 0 Å². The van der Waals surface area contributed by atoms with E-state index in [0.717, 1.165) is 17.7 Å². The highest BCUT2D eigenvalue weighted by Crippen LogP contribution is 2.18. The van der Waals surface area contributed by atoms with Crippen LogP contribution < -0.4 is 10.1 Å². The first-order chi connectivity index (χ1) is 8.54. The first-order valence-corrected chi connectivity index (χ1v) is 6.26. The lowest BCUT2D eigenvalue weighted by Crippen LogP contribution is -2.35. The normalized spacial score (nSPS) is 13.9. The van der Waals surface area contributed by atoms with Gasteiger partial charge in [-0.1, -0.05) is 19.1 Å². The predicted molar refractivity (Wildman–Crippen MR) is 70.9 cm³/mol. The van der Waals surface area contributed by atoms with Gasteiger partial charge in [0.15, 0.2) is 0 Å². The maximum Gasteiger partial charge on any atom is 0.320 e. The zero-order valence-electron chi connectivity index (χ0n) is 11.1. The third-order valence-electron chi connectivity index (χ3n) is 2.72. The van der Waals surface area contributed by atoms with Crippen LogP contribution in [0.1, 0.15) is 38.8 Å². The van der Waals surface area contributed by atoms with Crippen LogP contribution in [-0.2, 0) is 4.79 Å². The van der Waals surface area contributed by atoms with Crippen LogP contribution in [0.5, 0.6) is 5.75 Å². The van der Waals surface area contributed by atoms with Crippen LogP contribution in [0.4, 0.5) is 0 Å². The maximum absolute atomic E-state index is 10.8. The standard InChI is InChI=1S/C14H21NO3/c1-4-9-18-13-7-5-12(6-8-13)10(2)15-11(3)14(16)17/h5-8,10-11,15H,4,9H2,1-3H3,(H,16,17). The Kier molecular flexibility index (Phi) is 5.65. The van der Waals surface area contributed by atoms with Crippen molar-refractivity contribution in [2.24, 2.45) is 0 Å². The van der Waals surface area contributed by atoms with Gasteiger partial charge in [-0.25, -0.2) is 0 Å². The summed E-state index contributed by atoms with van der Waals surface area (Å²) in [6.45, 7) is 6.36. The highest BCUT2D eigenvalue weighted by atomic mass is 16.5. The van der Waals surface area contributed by atoms with Gasteiger partial charge in [-0.3, -0.25) is 10.1 Å². The molecule has 0 saturated heterocycles. The summed E-state index contributed by atoms with van der Waals surface area (Å²) in [5.41, 5.74) is 1.05. The lowest BCUT2D eigenvalue weighted by Gasteiger charge is -2.17. The summed E-state index contributed by atoms with van der Waals surface area (Å²) in [4.78, 5) is 10.8. The molecule has 1 rings (SSSR count).